The van der Waals surface area contributed by atoms with E-state index >= 15 is 0 Å². The average molecular weight is 426 g/mol. The Labute approximate surface area is 168 Å². The maximum Gasteiger partial charge on any atom is 0.394 e. The number of nitrogens with zero attached hydrogens (tertiary/aromatic N) is 5. The van der Waals surface area contributed by atoms with Gasteiger partial charge in [-0.1, -0.05) is 38.5 Å². The van der Waals surface area contributed by atoms with Crippen molar-refractivity contribution in [2.75, 3.05) is 0 Å². The summed E-state index contributed by atoms with van der Waals surface area (Å²) < 4.78 is 33.5. The number of thioether (sulfide) groups is 1. The molecule has 11 heteroatoms. The van der Waals surface area contributed by atoms with Crippen LogP contribution >= 0.6 is 11.8 Å². The first-order valence-electron chi connectivity index (χ1n) is 8.77. The molecule has 28 heavy (non-hydrogen) atoms. The summed E-state index contributed by atoms with van der Waals surface area (Å²) in [5.74, 6) is 1.56. The van der Waals surface area contributed by atoms with Crippen LogP contribution < -0.4 is 0 Å². The third-order valence-corrected chi connectivity index (χ3v) is 4.46. The first-order chi connectivity index (χ1) is 13.3. The molecule has 0 bridgehead atoms. The molecular weight excluding hydrogens is 402 g/mol. The van der Waals surface area contributed by atoms with Gasteiger partial charge >= 0.3 is 10.4 Å². The number of hydrogen-bond donors (Lipinski definition) is 2. The van der Waals surface area contributed by atoms with Crippen molar-refractivity contribution in [2.45, 2.75) is 50.4 Å². The van der Waals surface area contributed by atoms with Crippen LogP contribution in [0.3, 0.4) is 0 Å². The number of hydrogen-bond acceptors (Lipinski definition) is 7. The van der Waals surface area contributed by atoms with Crippen LogP contribution in [0.2, 0.25) is 0 Å². The van der Waals surface area contributed by atoms with Crippen LogP contribution in [0.1, 0.15) is 43.6 Å². The largest absolute Gasteiger partial charge is 0.394 e. The molecule has 0 atom stereocenters. The van der Waals surface area contributed by atoms with E-state index in [0.717, 1.165) is 48.1 Å². The van der Waals surface area contributed by atoms with E-state index in [1.807, 2.05) is 29.0 Å². The summed E-state index contributed by atoms with van der Waals surface area (Å²) in [7, 11) is -4.67. The maximum atomic E-state index is 8.74. The minimum atomic E-state index is -4.67. The minimum Gasteiger partial charge on any atom is -0.265 e. The van der Waals surface area contributed by atoms with Crippen LogP contribution in [0.15, 0.2) is 35.7 Å². The molecule has 0 spiro atoms. The molecule has 0 unspecified atom stereocenters. The lowest BCUT2D eigenvalue weighted by Crippen LogP contribution is -2.03. The van der Waals surface area contributed by atoms with E-state index in [4.69, 9.17) is 17.5 Å². The number of pyridine rings is 1. The standard InChI is InChI=1S/C17H21N5S.H2O4S/c1-3-5-14-11-15(6-4-2)22-16(19-14)20-17(21-22)23-12-13-7-9-18-10-8-13;1-5(2,3)4/h7-11H,3-6,12H2,1-2H3;(H2,1,2,3,4). The van der Waals surface area contributed by atoms with E-state index in [0.29, 0.717) is 0 Å². The second-order valence-corrected chi connectivity index (χ2v) is 7.78. The van der Waals surface area contributed by atoms with Gasteiger partial charge in [0, 0.05) is 29.5 Å². The molecule has 152 valence electrons. The zero-order valence-corrected chi connectivity index (χ0v) is 17.3. The first kappa shape index (κ1) is 22.2. The van der Waals surface area contributed by atoms with Crippen LogP contribution in [0.25, 0.3) is 5.78 Å². The van der Waals surface area contributed by atoms with Crippen LogP contribution in [0.5, 0.6) is 0 Å². The SMILES string of the molecule is CCCc1cc(CCC)n2nc(SCc3ccncc3)nc2n1.O=S(=O)(O)O. The molecule has 3 aromatic heterocycles. The summed E-state index contributed by atoms with van der Waals surface area (Å²) in [6.45, 7) is 4.35. The predicted molar refractivity (Wildman–Crippen MR) is 107 cm³/mol. The fraction of sp³-hybridized carbons (Fsp3) is 0.412. The zero-order chi connectivity index (χ0) is 20.6. The summed E-state index contributed by atoms with van der Waals surface area (Å²) >= 11 is 1.63. The molecule has 0 aliphatic heterocycles. The number of fused-ring (bicyclic) bond motifs is 1. The second kappa shape index (κ2) is 10.5. The molecule has 0 aliphatic rings. The van der Waals surface area contributed by atoms with Gasteiger partial charge in [0.1, 0.15) is 0 Å². The first-order valence-corrected chi connectivity index (χ1v) is 11.2. The lowest BCUT2D eigenvalue weighted by molar-refractivity contribution is 0.381. The molecule has 0 saturated carbocycles. The maximum absolute atomic E-state index is 8.74. The van der Waals surface area contributed by atoms with E-state index in [-0.39, 0.29) is 0 Å². The van der Waals surface area contributed by atoms with Crippen molar-refractivity contribution in [1.29, 1.82) is 0 Å². The lowest BCUT2D eigenvalue weighted by atomic mass is 10.2. The number of rotatable bonds is 7. The summed E-state index contributed by atoms with van der Waals surface area (Å²) in [6, 6.07) is 6.21. The van der Waals surface area contributed by atoms with E-state index in [2.05, 4.69) is 40.0 Å². The van der Waals surface area contributed by atoms with Crippen molar-refractivity contribution in [1.82, 2.24) is 24.6 Å². The van der Waals surface area contributed by atoms with E-state index in [1.165, 1.54) is 11.3 Å². The highest BCUT2D eigenvalue weighted by molar-refractivity contribution is 7.98. The molecular formula is C17H23N5O4S2. The molecule has 0 amide bonds. The van der Waals surface area contributed by atoms with Gasteiger partial charge in [-0.2, -0.15) is 13.4 Å². The minimum absolute atomic E-state index is 0.719. The van der Waals surface area contributed by atoms with Gasteiger partial charge in [-0.3, -0.25) is 14.1 Å². The smallest absolute Gasteiger partial charge is 0.265 e. The molecule has 3 rings (SSSR count). The summed E-state index contributed by atoms with van der Waals surface area (Å²) in [5, 5.41) is 5.42. The summed E-state index contributed by atoms with van der Waals surface area (Å²) in [4.78, 5) is 13.3. The third-order valence-electron chi connectivity index (χ3n) is 3.55. The fourth-order valence-electron chi connectivity index (χ4n) is 2.47. The summed E-state index contributed by atoms with van der Waals surface area (Å²) in [5.41, 5.74) is 3.53. The van der Waals surface area contributed by atoms with E-state index < -0.39 is 10.4 Å². The van der Waals surface area contributed by atoms with Crippen molar-refractivity contribution < 1.29 is 17.5 Å². The van der Waals surface area contributed by atoms with Gasteiger partial charge in [-0.25, -0.2) is 9.50 Å². The Kier molecular flexibility index (Phi) is 8.30. The molecule has 0 aromatic carbocycles. The third kappa shape index (κ3) is 7.50. The highest BCUT2D eigenvalue weighted by atomic mass is 32.3. The molecule has 0 saturated heterocycles. The Morgan fingerprint density at radius 3 is 2.32 bits per heavy atom. The van der Waals surface area contributed by atoms with Gasteiger partial charge in [0.2, 0.25) is 5.16 Å². The zero-order valence-electron chi connectivity index (χ0n) is 15.7. The molecule has 0 fully saturated rings. The van der Waals surface area contributed by atoms with Crippen molar-refractivity contribution in [2.24, 2.45) is 0 Å². The van der Waals surface area contributed by atoms with Gasteiger partial charge in [0.25, 0.3) is 5.78 Å². The molecule has 3 aromatic rings. The Hall–Kier alpha value is -2.08. The van der Waals surface area contributed by atoms with E-state index in [1.54, 1.807) is 11.8 Å². The molecule has 0 aliphatic carbocycles. The molecule has 3 heterocycles. The van der Waals surface area contributed by atoms with Crippen molar-refractivity contribution in [3.8, 4) is 0 Å². The Bertz CT molecular complexity index is 985. The van der Waals surface area contributed by atoms with Crippen molar-refractivity contribution >= 4 is 27.9 Å². The van der Waals surface area contributed by atoms with Crippen LogP contribution in [-0.4, -0.2) is 42.1 Å². The number of aromatic nitrogens is 5. The molecule has 2 N–H and O–H groups in total. The normalized spacial score (nSPS) is 11.3. The van der Waals surface area contributed by atoms with Crippen LogP contribution in [0.4, 0.5) is 0 Å². The van der Waals surface area contributed by atoms with Crippen molar-refractivity contribution in [3.63, 3.8) is 0 Å². The lowest BCUT2D eigenvalue weighted by Gasteiger charge is -2.05. The van der Waals surface area contributed by atoms with Crippen molar-refractivity contribution in [3.05, 3.63) is 47.5 Å². The number of aryl methyl sites for hydroxylation is 2. The molecule has 0 radical (unpaired) electrons. The van der Waals surface area contributed by atoms with Gasteiger partial charge in [0.15, 0.2) is 0 Å². The highest BCUT2D eigenvalue weighted by Crippen LogP contribution is 2.20. The van der Waals surface area contributed by atoms with Gasteiger partial charge in [-0.05, 0) is 36.6 Å². The summed E-state index contributed by atoms with van der Waals surface area (Å²) in [6.07, 6.45) is 7.78. The van der Waals surface area contributed by atoms with E-state index in [9.17, 15) is 0 Å². The monoisotopic (exact) mass is 425 g/mol. The van der Waals surface area contributed by atoms with Gasteiger partial charge < -0.3 is 0 Å². The Balaban J connectivity index is 0.000000500. The highest BCUT2D eigenvalue weighted by Gasteiger charge is 2.11. The van der Waals surface area contributed by atoms with Gasteiger partial charge in [0.05, 0.1) is 0 Å². The predicted octanol–water partition coefficient (Wildman–Crippen LogP) is 3.06. The van der Waals surface area contributed by atoms with Crippen LogP contribution in [0, 0.1) is 0 Å². The van der Waals surface area contributed by atoms with Crippen LogP contribution in [-0.2, 0) is 29.0 Å². The fourth-order valence-corrected chi connectivity index (χ4v) is 3.25. The Morgan fingerprint density at radius 1 is 1.07 bits per heavy atom. The quantitative estimate of drug-likeness (QED) is 0.433. The Morgan fingerprint density at radius 2 is 1.71 bits per heavy atom. The average Bonchev–Trinajstić information content (AvgIpc) is 3.03. The molecule has 9 nitrogen and oxygen atoms in total. The second-order valence-electron chi connectivity index (χ2n) is 5.94. The van der Waals surface area contributed by atoms with Gasteiger partial charge in [-0.15, -0.1) is 5.10 Å². The topological polar surface area (TPSA) is 131 Å².